The normalized spacial score (nSPS) is 11.0. The molecule has 0 amide bonds. The van der Waals surface area contributed by atoms with Crippen molar-refractivity contribution in [2.24, 2.45) is 5.41 Å². The molecule has 0 aliphatic carbocycles. The first-order chi connectivity index (χ1) is 8.24. The first kappa shape index (κ1) is 13.7. The summed E-state index contributed by atoms with van der Waals surface area (Å²) in [7, 11) is 0. The Kier molecular flexibility index (Phi) is 3.70. The van der Waals surface area contributed by atoms with Crippen molar-refractivity contribution in [1.29, 1.82) is 0 Å². The van der Waals surface area contributed by atoms with Crippen LogP contribution in [0.1, 0.15) is 13.8 Å². The van der Waals surface area contributed by atoms with Crippen LogP contribution in [0.25, 0.3) is 0 Å². The first-order valence-corrected chi connectivity index (χ1v) is 5.12. The zero-order chi connectivity index (χ0) is 13.9. The summed E-state index contributed by atoms with van der Waals surface area (Å²) in [5.41, 5.74) is 4.16. The van der Waals surface area contributed by atoms with Crippen molar-refractivity contribution in [3.05, 3.63) is 22.2 Å². The van der Waals surface area contributed by atoms with E-state index >= 15 is 0 Å². The summed E-state index contributed by atoms with van der Waals surface area (Å²) in [6.45, 7) is 3.24. The fourth-order valence-corrected chi connectivity index (χ4v) is 1.11. The molecule has 1 aromatic heterocycles. The monoisotopic (exact) mass is 254 g/mol. The van der Waals surface area contributed by atoms with Gasteiger partial charge >= 0.3 is 11.7 Å². The Morgan fingerprint density at radius 3 is 2.67 bits per heavy atom. The second-order valence-electron chi connectivity index (χ2n) is 4.40. The van der Waals surface area contributed by atoms with Gasteiger partial charge in [-0.15, -0.1) is 0 Å². The number of hydrogen-bond acceptors (Lipinski definition) is 6. The van der Waals surface area contributed by atoms with Gasteiger partial charge in [0.1, 0.15) is 5.82 Å². The van der Waals surface area contributed by atoms with E-state index in [0.29, 0.717) is 5.82 Å². The summed E-state index contributed by atoms with van der Waals surface area (Å²) in [6, 6.07) is 2.60. The Balaban J connectivity index is 2.79. The number of nitrogens with zero attached hydrogens (tertiary/aromatic N) is 2. The number of carboxylic acid groups (broad SMARTS) is 1. The molecule has 1 heterocycles. The molecule has 0 atom stereocenters. The molecule has 0 radical (unpaired) electrons. The van der Waals surface area contributed by atoms with Gasteiger partial charge in [-0.1, -0.05) is 0 Å². The van der Waals surface area contributed by atoms with Gasteiger partial charge < -0.3 is 16.2 Å². The topological polar surface area (TPSA) is 131 Å². The number of aliphatic carboxylic acids is 1. The van der Waals surface area contributed by atoms with Crippen molar-refractivity contribution in [2.45, 2.75) is 13.8 Å². The van der Waals surface area contributed by atoms with Crippen LogP contribution >= 0.6 is 0 Å². The average Bonchev–Trinajstić information content (AvgIpc) is 2.25. The molecular weight excluding hydrogens is 240 g/mol. The number of nitro groups is 1. The van der Waals surface area contributed by atoms with Crippen molar-refractivity contribution < 1.29 is 14.8 Å². The maximum atomic E-state index is 10.9. The maximum absolute atomic E-state index is 10.9. The van der Waals surface area contributed by atoms with Gasteiger partial charge in [0.2, 0.25) is 5.82 Å². The van der Waals surface area contributed by atoms with Crippen molar-refractivity contribution in [3.8, 4) is 0 Å². The molecular formula is C10H14N4O4. The zero-order valence-corrected chi connectivity index (χ0v) is 10.0. The van der Waals surface area contributed by atoms with Crippen LogP contribution in [0.3, 0.4) is 0 Å². The van der Waals surface area contributed by atoms with E-state index < -0.39 is 16.3 Å². The van der Waals surface area contributed by atoms with Crippen LogP contribution in [0.4, 0.5) is 17.3 Å². The summed E-state index contributed by atoms with van der Waals surface area (Å²) < 4.78 is 0. The largest absolute Gasteiger partial charge is 0.481 e. The number of anilines is 2. The number of hydrogen-bond donors (Lipinski definition) is 3. The number of nitrogen functional groups attached to an aromatic ring is 1. The lowest BCUT2D eigenvalue weighted by Gasteiger charge is -2.19. The number of carbonyl (C=O) groups is 1. The van der Waals surface area contributed by atoms with Gasteiger partial charge in [-0.25, -0.2) is 4.98 Å². The Bertz CT molecular complexity index is 487. The van der Waals surface area contributed by atoms with E-state index in [9.17, 15) is 14.9 Å². The highest BCUT2D eigenvalue weighted by molar-refractivity contribution is 5.74. The molecule has 4 N–H and O–H groups in total. The molecule has 8 heteroatoms. The minimum atomic E-state index is -0.974. The molecule has 0 aliphatic rings. The number of nitrogens with one attached hydrogen (secondary N) is 1. The summed E-state index contributed by atoms with van der Waals surface area (Å²) in [5.74, 6) is -0.865. The van der Waals surface area contributed by atoms with Gasteiger partial charge in [0.25, 0.3) is 0 Å². The summed E-state index contributed by atoms with van der Waals surface area (Å²) in [5, 5.41) is 22.2. The lowest BCUT2D eigenvalue weighted by molar-refractivity contribution is -0.384. The van der Waals surface area contributed by atoms with Gasteiger partial charge in [-0.05, 0) is 19.9 Å². The SMILES string of the molecule is CC(C)(CNc1ccc([N+](=O)[O-])c(N)n1)C(=O)O. The van der Waals surface area contributed by atoms with E-state index in [4.69, 9.17) is 10.8 Å². The second kappa shape index (κ2) is 4.86. The van der Waals surface area contributed by atoms with E-state index in [1.165, 1.54) is 12.1 Å². The molecule has 98 valence electrons. The fourth-order valence-electron chi connectivity index (χ4n) is 1.11. The Morgan fingerprint density at radius 1 is 1.61 bits per heavy atom. The lowest BCUT2D eigenvalue weighted by atomic mass is 9.94. The molecule has 1 aromatic rings. The minimum Gasteiger partial charge on any atom is -0.481 e. The van der Waals surface area contributed by atoms with Crippen molar-refractivity contribution in [2.75, 3.05) is 17.6 Å². The molecule has 0 saturated heterocycles. The van der Waals surface area contributed by atoms with E-state index in [0.717, 1.165) is 0 Å². The Morgan fingerprint density at radius 2 is 2.22 bits per heavy atom. The molecule has 0 spiro atoms. The summed E-state index contributed by atoms with van der Waals surface area (Å²) in [6.07, 6.45) is 0. The summed E-state index contributed by atoms with van der Waals surface area (Å²) in [4.78, 5) is 24.6. The predicted molar refractivity (Wildman–Crippen MR) is 65.2 cm³/mol. The predicted octanol–water partition coefficient (Wildman–Crippen LogP) is 1.09. The highest BCUT2D eigenvalue weighted by Gasteiger charge is 2.27. The molecule has 8 nitrogen and oxygen atoms in total. The van der Waals surface area contributed by atoms with Crippen molar-refractivity contribution in [3.63, 3.8) is 0 Å². The van der Waals surface area contributed by atoms with Crippen LogP contribution in [0.15, 0.2) is 12.1 Å². The van der Waals surface area contributed by atoms with Crippen LogP contribution < -0.4 is 11.1 Å². The van der Waals surface area contributed by atoms with Gasteiger partial charge in [0.15, 0.2) is 0 Å². The third-order valence-corrected chi connectivity index (χ3v) is 2.39. The van der Waals surface area contributed by atoms with Crippen molar-refractivity contribution in [1.82, 2.24) is 4.98 Å². The number of nitrogens with two attached hydrogens (primary N) is 1. The first-order valence-electron chi connectivity index (χ1n) is 5.12. The van der Waals surface area contributed by atoms with Crippen LogP contribution in [-0.2, 0) is 4.79 Å². The minimum absolute atomic E-state index is 0.132. The quantitative estimate of drug-likeness (QED) is 0.529. The molecule has 0 unspecified atom stereocenters. The summed E-state index contributed by atoms with van der Waals surface area (Å²) >= 11 is 0. The molecule has 0 bridgehead atoms. The maximum Gasteiger partial charge on any atom is 0.311 e. The zero-order valence-electron chi connectivity index (χ0n) is 10.0. The lowest BCUT2D eigenvalue weighted by Crippen LogP contribution is -2.32. The van der Waals surface area contributed by atoms with Crippen LogP contribution in [-0.4, -0.2) is 27.5 Å². The third-order valence-electron chi connectivity index (χ3n) is 2.39. The molecule has 18 heavy (non-hydrogen) atoms. The van der Waals surface area contributed by atoms with Gasteiger partial charge in [-0.3, -0.25) is 14.9 Å². The smallest absolute Gasteiger partial charge is 0.311 e. The Hall–Kier alpha value is -2.38. The number of aromatic nitrogens is 1. The highest BCUT2D eigenvalue weighted by Crippen LogP contribution is 2.22. The molecule has 0 aromatic carbocycles. The van der Waals surface area contributed by atoms with E-state index in [-0.39, 0.29) is 18.1 Å². The fraction of sp³-hybridized carbons (Fsp3) is 0.400. The van der Waals surface area contributed by atoms with E-state index in [1.807, 2.05) is 0 Å². The van der Waals surface area contributed by atoms with Gasteiger partial charge in [-0.2, -0.15) is 0 Å². The van der Waals surface area contributed by atoms with Crippen LogP contribution in [0.5, 0.6) is 0 Å². The van der Waals surface area contributed by atoms with Crippen LogP contribution in [0.2, 0.25) is 0 Å². The number of rotatable bonds is 5. The average molecular weight is 254 g/mol. The number of pyridine rings is 1. The number of carboxylic acids is 1. The van der Waals surface area contributed by atoms with E-state index in [1.54, 1.807) is 13.8 Å². The Labute approximate surface area is 103 Å². The molecule has 1 rings (SSSR count). The molecule has 0 saturated carbocycles. The highest BCUT2D eigenvalue weighted by atomic mass is 16.6. The van der Waals surface area contributed by atoms with Gasteiger partial charge in [0, 0.05) is 12.6 Å². The third kappa shape index (κ3) is 3.06. The van der Waals surface area contributed by atoms with E-state index in [2.05, 4.69) is 10.3 Å². The van der Waals surface area contributed by atoms with Crippen molar-refractivity contribution >= 4 is 23.3 Å². The molecule has 0 aliphatic heterocycles. The molecule has 0 fully saturated rings. The van der Waals surface area contributed by atoms with Gasteiger partial charge in [0.05, 0.1) is 10.3 Å². The standard InChI is InChI=1S/C10H14N4O4/c1-10(2,9(15)16)5-12-7-4-3-6(14(17)18)8(11)13-7/h3-4H,5H2,1-2H3,(H,15,16)(H3,11,12,13). The van der Waals surface area contributed by atoms with Crippen LogP contribution in [0, 0.1) is 15.5 Å². The second-order valence-corrected chi connectivity index (χ2v) is 4.40.